The van der Waals surface area contributed by atoms with Crippen LogP contribution >= 0.6 is 0 Å². The number of non-ortho nitro benzene ring substituents is 1. The predicted molar refractivity (Wildman–Crippen MR) is 105 cm³/mol. The van der Waals surface area contributed by atoms with E-state index in [0.717, 1.165) is 63.6 Å². The first-order valence-electron chi connectivity index (χ1n) is 9.51. The van der Waals surface area contributed by atoms with Gasteiger partial charge in [0.1, 0.15) is 0 Å². The Morgan fingerprint density at radius 1 is 1.37 bits per heavy atom. The van der Waals surface area contributed by atoms with Gasteiger partial charge in [-0.05, 0) is 31.7 Å². The first-order chi connectivity index (χ1) is 13.1. The number of nitro groups is 1. The molecule has 0 spiro atoms. The van der Waals surface area contributed by atoms with E-state index < -0.39 is 0 Å². The summed E-state index contributed by atoms with van der Waals surface area (Å²) in [6, 6.07) is 6.63. The van der Waals surface area contributed by atoms with E-state index in [0.29, 0.717) is 6.54 Å². The van der Waals surface area contributed by atoms with Crippen molar-refractivity contribution in [2.45, 2.75) is 38.8 Å². The Morgan fingerprint density at radius 3 is 2.81 bits per heavy atom. The van der Waals surface area contributed by atoms with Crippen molar-refractivity contribution < 1.29 is 14.4 Å². The van der Waals surface area contributed by atoms with Gasteiger partial charge in [-0.2, -0.15) is 0 Å². The third kappa shape index (κ3) is 7.15. The molecule has 0 aromatic heterocycles. The molecule has 1 heterocycles. The van der Waals surface area contributed by atoms with Gasteiger partial charge in [-0.1, -0.05) is 12.1 Å². The van der Waals surface area contributed by atoms with Crippen LogP contribution in [0.4, 0.5) is 5.69 Å². The molecule has 0 radical (unpaired) electrons. The van der Waals surface area contributed by atoms with Crippen LogP contribution in [0.3, 0.4) is 0 Å². The minimum Gasteiger partial charge on any atom is -0.385 e. The van der Waals surface area contributed by atoms with Crippen molar-refractivity contribution in [2.75, 3.05) is 40.0 Å². The SMILES string of the molecule is CCNC(=NCc1cccc([N+](=O)[O-])c1)N1CCC(OCCCOC)CC1. The van der Waals surface area contributed by atoms with E-state index in [2.05, 4.69) is 15.2 Å². The zero-order chi connectivity index (χ0) is 19.5. The van der Waals surface area contributed by atoms with Crippen LogP contribution in [0.15, 0.2) is 29.3 Å². The Balaban J connectivity index is 1.88. The zero-order valence-electron chi connectivity index (χ0n) is 16.2. The van der Waals surface area contributed by atoms with Crippen molar-refractivity contribution in [3.8, 4) is 0 Å². The molecule has 1 aliphatic heterocycles. The Hall–Kier alpha value is -2.19. The lowest BCUT2D eigenvalue weighted by Crippen LogP contribution is -2.47. The molecule has 0 aliphatic carbocycles. The van der Waals surface area contributed by atoms with Crippen LogP contribution in [0, 0.1) is 10.1 Å². The van der Waals surface area contributed by atoms with Crippen molar-refractivity contribution in [3.05, 3.63) is 39.9 Å². The van der Waals surface area contributed by atoms with Crippen LogP contribution in [0.5, 0.6) is 0 Å². The number of nitrogens with zero attached hydrogens (tertiary/aromatic N) is 3. The van der Waals surface area contributed by atoms with Crippen molar-refractivity contribution >= 4 is 11.6 Å². The number of nitrogens with one attached hydrogen (secondary N) is 1. The summed E-state index contributed by atoms with van der Waals surface area (Å²) in [5, 5.41) is 14.2. The lowest BCUT2D eigenvalue weighted by Gasteiger charge is -2.34. The number of nitro benzene ring substituents is 1. The Bertz CT molecular complexity index is 615. The lowest BCUT2D eigenvalue weighted by atomic mass is 10.1. The zero-order valence-corrected chi connectivity index (χ0v) is 16.2. The summed E-state index contributed by atoms with van der Waals surface area (Å²) in [6.45, 7) is 6.46. The van der Waals surface area contributed by atoms with Gasteiger partial charge in [0, 0.05) is 52.1 Å². The maximum atomic E-state index is 10.9. The predicted octanol–water partition coefficient (Wildman–Crippen LogP) is 2.58. The molecule has 0 unspecified atom stereocenters. The quantitative estimate of drug-likeness (QED) is 0.234. The van der Waals surface area contributed by atoms with Crippen LogP contribution in [0.2, 0.25) is 0 Å². The van der Waals surface area contributed by atoms with E-state index in [-0.39, 0.29) is 16.7 Å². The maximum absolute atomic E-state index is 10.9. The second-order valence-corrected chi connectivity index (χ2v) is 6.50. The van der Waals surface area contributed by atoms with Gasteiger partial charge in [0.25, 0.3) is 5.69 Å². The minimum atomic E-state index is -0.379. The second kappa shape index (κ2) is 11.5. The number of guanidine groups is 1. The molecule has 1 N–H and O–H groups in total. The molecule has 0 amide bonds. The van der Waals surface area contributed by atoms with Crippen LogP contribution in [0.1, 0.15) is 31.7 Å². The summed E-state index contributed by atoms with van der Waals surface area (Å²) in [7, 11) is 1.70. The second-order valence-electron chi connectivity index (χ2n) is 6.50. The number of ether oxygens (including phenoxy) is 2. The summed E-state index contributed by atoms with van der Waals surface area (Å²) in [6.07, 6.45) is 3.14. The summed E-state index contributed by atoms with van der Waals surface area (Å²) in [5.74, 6) is 0.849. The van der Waals surface area contributed by atoms with E-state index >= 15 is 0 Å². The smallest absolute Gasteiger partial charge is 0.269 e. The fraction of sp³-hybridized carbons (Fsp3) is 0.632. The third-order valence-electron chi connectivity index (χ3n) is 4.46. The van der Waals surface area contributed by atoms with Gasteiger partial charge in [-0.15, -0.1) is 0 Å². The number of likely N-dealkylation sites (tertiary alicyclic amines) is 1. The molecular formula is C19H30N4O4. The summed E-state index contributed by atoms with van der Waals surface area (Å²) < 4.78 is 10.9. The standard InChI is InChI=1S/C19H30N4O4/c1-3-20-19(21-15-16-6-4-7-17(14-16)23(24)25)22-10-8-18(9-11-22)27-13-5-12-26-2/h4,6-7,14,18H,3,5,8-13,15H2,1-2H3,(H,20,21). The van der Waals surface area contributed by atoms with Crippen molar-refractivity contribution in [1.29, 1.82) is 0 Å². The fourth-order valence-corrected chi connectivity index (χ4v) is 3.05. The Morgan fingerprint density at radius 2 is 2.15 bits per heavy atom. The fourth-order valence-electron chi connectivity index (χ4n) is 3.05. The molecule has 1 saturated heterocycles. The molecular weight excluding hydrogens is 348 g/mol. The van der Waals surface area contributed by atoms with E-state index in [9.17, 15) is 10.1 Å². The summed E-state index contributed by atoms with van der Waals surface area (Å²) in [5.41, 5.74) is 0.926. The molecule has 0 saturated carbocycles. The number of aliphatic imine (C=N–C) groups is 1. The third-order valence-corrected chi connectivity index (χ3v) is 4.46. The highest BCUT2D eigenvalue weighted by molar-refractivity contribution is 5.80. The number of rotatable bonds is 9. The number of benzene rings is 1. The van der Waals surface area contributed by atoms with Crippen LogP contribution in [0.25, 0.3) is 0 Å². The number of hydrogen-bond donors (Lipinski definition) is 1. The van der Waals surface area contributed by atoms with E-state index in [1.54, 1.807) is 19.2 Å². The molecule has 150 valence electrons. The van der Waals surface area contributed by atoms with E-state index in [1.807, 2.05) is 13.0 Å². The van der Waals surface area contributed by atoms with Gasteiger partial charge < -0.3 is 19.7 Å². The molecule has 2 rings (SSSR count). The topological polar surface area (TPSA) is 89.2 Å². The van der Waals surface area contributed by atoms with Crippen molar-refractivity contribution in [2.24, 2.45) is 4.99 Å². The van der Waals surface area contributed by atoms with Gasteiger partial charge >= 0.3 is 0 Å². The molecule has 1 aromatic rings. The lowest BCUT2D eigenvalue weighted by molar-refractivity contribution is -0.384. The van der Waals surface area contributed by atoms with E-state index in [4.69, 9.17) is 9.47 Å². The maximum Gasteiger partial charge on any atom is 0.269 e. The molecule has 8 nitrogen and oxygen atoms in total. The average molecular weight is 378 g/mol. The van der Waals surface area contributed by atoms with Crippen LogP contribution in [-0.2, 0) is 16.0 Å². The van der Waals surface area contributed by atoms with Gasteiger partial charge in [0.05, 0.1) is 17.6 Å². The van der Waals surface area contributed by atoms with Gasteiger partial charge in [-0.3, -0.25) is 10.1 Å². The number of methoxy groups -OCH3 is 1. The van der Waals surface area contributed by atoms with Gasteiger partial charge in [0.2, 0.25) is 0 Å². The first kappa shape index (κ1) is 21.1. The van der Waals surface area contributed by atoms with Crippen molar-refractivity contribution in [1.82, 2.24) is 10.2 Å². The van der Waals surface area contributed by atoms with Gasteiger partial charge in [0.15, 0.2) is 5.96 Å². The monoisotopic (exact) mass is 378 g/mol. The summed E-state index contributed by atoms with van der Waals surface area (Å²) in [4.78, 5) is 17.4. The molecule has 1 aliphatic rings. The number of hydrogen-bond acceptors (Lipinski definition) is 5. The largest absolute Gasteiger partial charge is 0.385 e. The average Bonchev–Trinajstić information content (AvgIpc) is 2.69. The molecule has 1 aromatic carbocycles. The van der Waals surface area contributed by atoms with Gasteiger partial charge in [-0.25, -0.2) is 4.99 Å². The molecule has 1 fully saturated rings. The summed E-state index contributed by atoms with van der Waals surface area (Å²) >= 11 is 0. The normalized spacial score (nSPS) is 15.8. The first-order valence-corrected chi connectivity index (χ1v) is 9.51. The molecule has 8 heteroatoms. The van der Waals surface area contributed by atoms with Crippen molar-refractivity contribution in [3.63, 3.8) is 0 Å². The molecule has 0 bridgehead atoms. The highest BCUT2D eigenvalue weighted by atomic mass is 16.6. The highest BCUT2D eigenvalue weighted by Crippen LogP contribution is 2.16. The highest BCUT2D eigenvalue weighted by Gasteiger charge is 2.21. The van der Waals surface area contributed by atoms with Crippen LogP contribution in [-0.4, -0.2) is 61.8 Å². The number of piperidine rings is 1. The minimum absolute atomic E-state index is 0.0964. The molecule has 27 heavy (non-hydrogen) atoms. The van der Waals surface area contributed by atoms with Crippen LogP contribution < -0.4 is 5.32 Å². The Labute approximate surface area is 160 Å². The van der Waals surface area contributed by atoms with E-state index in [1.165, 1.54) is 6.07 Å². The molecule has 0 atom stereocenters. The Kier molecular flexibility index (Phi) is 9.00.